The summed E-state index contributed by atoms with van der Waals surface area (Å²) in [6, 6.07) is 13.4. The molecule has 1 saturated carbocycles. The molecule has 5 rings (SSSR count). The Bertz CT molecular complexity index is 1090. The molecule has 172 valence electrons. The quantitative estimate of drug-likeness (QED) is 0.416. The topological polar surface area (TPSA) is 93.2 Å². The van der Waals surface area contributed by atoms with Crippen LogP contribution in [0.15, 0.2) is 48.5 Å². The van der Waals surface area contributed by atoms with Gasteiger partial charge < -0.3 is 4.90 Å². The maximum atomic E-state index is 13.7. The van der Waals surface area contributed by atoms with Gasteiger partial charge in [0.25, 0.3) is 5.69 Å². The van der Waals surface area contributed by atoms with E-state index in [0.717, 1.165) is 56.1 Å². The maximum absolute atomic E-state index is 13.7. The SMILES string of the molecule is O=[N+]([O-])c1ccc(N2CCN([C@H](c3ccc(F)cc3)c3nnnn3C3CCCC3)CC2)cc1. The fourth-order valence-corrected chi connectivity index (χ4v) is 4.98. The van der Waals surface area contributed by atoms with Crippen molar-refractivity contribution in [3.8, 4) is 0 Å². The molecule has 10 heteroatoms. The van der Waals surface area contributed by atoms with Crippen LogP contribution in [-0.2, 0) is 0 Å². The minimum absolute atomic E-state index is 0.0903. The zero-order chi connectivity index (χ0) is 22.8. The summed E-state index contributed by atoms with van der Waals surface area (Å²) in [5.74, 6) is 0.535. The smallest absolute Gasteiger partial charge is 0.269 e. The molecule has 2 fully saturated rings. The van der Waals surface area contributed by atoms with E-state index in [4.69, 9.17) is 0 Å². The first-order valence-corrected chi connectivity index (χ1v) is 11.4. The third-order valence-electron chi connectivity index (χ3n) is 6.72. The van der Waals surface area contributed by atoms with E-state index in [-0.39, 0.29) is 22.5 Å². The van der Waals surface area contributed by atoms with Gasteiger partial charge in [-0.15, -0.1) is 5.10 Å². The minimum atomic E-state index is -0.385. The van der Waals surface area contributed by atoms with Gasteiger partial charge in [0.1, 0.15) is 5.82 Å². The number of tetrazole rings is 1. The average molecular weight is 452 g/mol. The van der Waals surface area contributed by atoms with Gasteiger partial charge >= 0.3 is 0 Å². The molecule has 0 spiro atoms. The molecule has 1 aliphatic heterocycles. The minimum Gasteiger partial charge on any atom is -0.369 e. The van der Waals surface area contributed by atoms with Gasteiger partial charge in [0.05, 0.1) is 17.0 Å². The first-order chi connectivity index (χ1) is 16.1. The molecule has 0 bridgehead atoms. The third kappa shape index (κ3) is 4.43. The summed E-state index contributed by atoms with van der Waals surface area (Å²) < 4.78 is 15.6. The zero-order valence-corrected chi connectivity index (χ0v) is 18.3. The number of nitrogens with zero attached hydrogens (tertiary/aromatic N) is 7. The lowest BCUT2D eigenvalue weighted by Crippen LogP contribution is -2.48. The summed E-state index contributed by atoms with van der Waals surface area (Å²) in [5.41, 5.74) is 2.02. The molecule has 0 N–H and O–H groups in total. The molecule has 9 nitrogen and oxygen atoms in total. The summed E-state index contributed by atoms with van der Waals surface area (Å²) >= 11 is 0. The van der Waals surface area contributed by atoms with E-state index in [1.807, 2.05) is 16.8 Å². The Morgan fingerprint density at radius 1 is 0.970 bits per heavy atom. The molecule has 1 saturated heterocycles. The van der Waals surface area contributed by atoms with Gasteiger partial charge in [0.15, 0.2) is 5.82 Å². The fraction of sp³-hybridized carbons (Fsp3) is 0.435. The van der Waals surface area contributed by atoms with Crippen LogP contribution in [0.4, 0.5) is 15.8 Å². The molecule has 0 unspecified atom stereocenters. The van der Waals surface area contributed by atoms with Crippen LogP contribution < -0.4 is 4.90 Å². The van der Waals surface area contributed by atoms with Gasteiger partial charge in [-0.3, -0.25) is 15.0 Å². The van der Waals surface area contributed by atoms with Gasteiger partial charge in [-0.25, -0.2) is 9.07 Å². The highest BCUT2D eigenvalue weighted by Crippen LogP contribution is 2.35. The predicted octanol–water partition coefficient (Wildman–Crippen LogP) is 3.75. The van der Waals surface area contributed by atoms with Crippen LogP contribution in [0.3, 0.4) is 0 Å². The number of rotatable bonds is 6. The van der Waals surface area contributed by atoms with Crippen molar-refractivity contribution >= 4 is 11.4 Å². The van der Waals surface area contributed by atoms with Crippen molar-refractivity contribution in [1.29, 1.82) is 0 Å². The Hall–Kier alpha value is -3.40. The van der Waals surface area contributed by atoms with Crippen LogP contribution in [0.1, 0.15) is 49.2 Å². The van der Waals surface area contributed by atoms with E-state index in [1.54, 1.807) is 24.3 Å². The molecular weight excluding hydrogens is 425 g/mol. The molecule has 33 heavy (non-hydrogen) atoms. The van der Waals surface area contributed by atoms with Crippen molar-refractivity contribution < 1.29 is 9.31 Å². The lowest BCUT2D eigenvalue weighted by molar-refractivity contribution is -0.384. The molecule has 0 amide bonds. The fourth-order valence-electron chi connectivity index (χ4n) is 4.98. The maximum Gasteiger partial charge on any atom is 0.269 e. The molecule has 1 atom stereocenters. The number of benzene rings is 2. The number of hydrogen-bond donors (Lipinski definition) is 0. The monoisotopic (exact) mass is 451 g/mol. The number of piperazine rings is 1. The molecule has 2 heterocycles. The standard InChI is InChI=1S/C23H26FN7O2/c24-18-7-5-17(6-8-18)22(23-25-26-27-30(23)20-3-1-2-4-20)29-15-13-28(14-16-29)19-9-11-21(12-10-19)31(32)33/h5-12,20,22H,1-4,13-16H2/t22-/m1/s1. The number of nitro groups is 1. The van der Waals surface area contributed by atoms with Gasteiger partial charge in [-0.05, 0) is 53.1 Å². The van der Waals surface area contributed by atoms with Crippen molar-refractivity contribution in [1.82, 2.24) is 25.1 Å². The third-order valence-corrected chi connectivity index (χ3v) is 6.72. The lowest BCUT2D eigenvalue weighted by Gasteiger charge is -2.40. The molecule has 0 radical (unpaired) electrons. The van der Waals surface area contributed by atoms with E-state index in [9.17, 15) is 14.5 Å². The van der Waals surface area contributed by atoms with Crippen molar-refractivity contribution in [2.24, 2.45) is 0 Å². The highest BCUT2D eigenvalue weighted by molar-refractivity contribution is 5.51. The van der Waals surface area contributed by atoms with Crippen molar-refractivity contribution in [3.05, 3.63) is 75.9 Å². The first-order valence-electron chi connectivity index (χ1n) is 11.4. The van der Waals surface area contributed by atoms with Crippen LogP contribution in [0.5, 0.6) is 0 Å². The van der Waals surface area contributed by atoms with E-state index in [1.165, 1.54) is 25.0 Å². The Labute approximate surface area is 191 Å². The Balaban J connectivity index is 1.38. The Morgan fingerprint density at radius 3 is 2.27 bits per heavy atom. The average Bonchev–Trinajstić information content (AvgIpc) is 3.53. The Morgan fingerprint density at radius 2 is 1.64 bits per heavy atom. The summed E-state index contributed by atoms with van der Waals surface area (Å²) in [4.78, 5) is 15.1. The van der Waals surface area contributed by atoms with Crippen molar-refractivity contribution in [2.45, 2.75) is 37.8 Å². The summed E-state index contributed by atoms with van der Waals surface area (Å²) in [7, 11) is 0. The number of nitro benzene ring substituents is 1. The summed E-state index contributed by atoms with van der Waals surface area (Å²) in [6.07, 6.45) is 4.50. The lowest BCUT2D eigenvalue weighted by atomic mass is 10.0. The molecule has 1 aliphatic carbocycles. The van der Waals surface area contributed by atoms with Crippen molar-refractivity contribution in [3.63, 3.8) is 0 Å². The molecule has 2 aromatic carbocycles. The largest absolute Gasteiger partial charge is 0.369 e. The number of hydrogen-bond acceptors (Lipinski definition) is 7. The van der Waals surface area contributed by atoms with Gasteiger partial charge in [-0.2, -0.15) is 0 Å². The molecule has 1 aromatic heterocycles. The normalized spacial score (nSPS) is 18.5. The number of aromatic nitrogens is 4. The van der Waals surface area contributed by atoms with Crippen LogP contribution in [0.25, 0.3) is 0 Å². The zero-order valence-electron chi connectivity index (χ0n) is 18.3. The van der Waals surface area contributed by atoms with Gasteiger partial charge in [0.2, 0.25) is 0 Å². The summed E-state index contributed by atoms with van der Waals surface area (Å²) in [5, 5.41) is 23.7. The Kier molecular flexibility index (Phi) is 5.99. The van der Waals surface area contributed by atoms with E-state index >= 15 is 0 Å². The van der Waals surface area contributed by atoms with Crippen LogP contribution in [0.2, 0.25) is 0 Å². The van der Waals surface area contributed by atoms with Crippen molar-refractivity contribution in [2.75, 3.05) is 31.1 Å². The second kappa shape index (κ2) is 9.22. The second-order valence-corrected chi connectivity index (χ2v) is 8.67. The van der Waals surface area contributed by atoms with E-state index < -0.39 is 0 Å². The number of non-ortho nitro benzene ring substituents is 1. The highest BCUT2D eigenvalue weighted by Gasteiger charge is 2.33. The summed E-state index contributed by atoms with van der Waals surface area (Å²) in [6.45, 7) is 3.05. The number of halogens is 1. The van der Waals surface area contributed by atoms with Crippen LogP contribution >= 0.6 is 0 Å². The predicted molar refractivity (Wildman–Crippen MR) is 120 cm³/mol. The van der Waals surface area contributed by atoms with E-state index in [0.29, 0.717) is 6.04 Å². The van der Waals surface area contributed by atoms with Crippen LogP contribution in [0, 0.1) is 15.9 Å². The highest BCUT2D eigenvalue weighted by atomic mass is 19.1. The van der Waals surface area contributed by atoms with Gasteiger partial charge in [0, 0.05) is 44.0 Å². The van der Waals surface area contributed by atoms with E-state index in [2.05, 4.69) is 25.3 Å². The van der Waals surface area contributed by atoms with Gasteiger partial charge in [-0.1, -0.05) is 25.0 Å². The molecule has 2 aliphatic rings. The first kappa shape index (κ1) is 21.4. The number of anilines is 1. The molecule has 3 aromatic rings. The molecular formula is C23H26FN7O2. The second-order valence-electron chi connectivity index (χ2n) is 8.67. The van der Waals surface area contributed by atoms with Crippen LogP contribution in [-0.4, -0.2) is 56.2 Å².